The number of thiophene rings is 1. The molecule has 0 saturated carbocycles. The Morgan fingerprint density at radius 2 is 1.02 bits per heavy atom. The topological polar surface area (TPSA) is 35.6 Å². The molecule has 4 nitrogen and oxygen atoms in total. The smallest absolute Gasteiger partial charge is 0.235 e. The van der Waals surface area contributed by atoms with Gasteiger partial charge in [-0.15, -0.1) is 11.3 Å². The summed E-state index contributed by atoms with van der Waals surface area (Å²) in [5.74, 6) is 0.677. The third kappa shape index (κ3) is 3.79. The molecule has 0 fully saturated rings. The minimum atomic E-state index is 0.677. The average Bonchev–Trinajstić information content (AvgIpc) is 3.81. The monoisotopic (exact) mass is 642 g/mol. The van der Waals surface area contributed by atoms with Gasteiger partial charge in [0.15, 0.2) is 0 Å². The normalized spacial score (nSPS) is 12.1. The zero-order valence-electron chi connectivity index (χ0n) is 26.2. The maximum atomic E-state index is 5.51. The molecule has 4 heterocycles. The second-order valence-corrected chi connectivity index (χ2v) is 13.7. The van der Waals surface area contributed by atoms with E-state index in [1.54, 1.807) is 11.3 Å². The molecular weight excluding hydrogens is 617 g/mol. The van der Waals surface area contributed by atoms with E-state index in [9.17, 15) is 0 Å². The van der Waals surface area contributed by atoms with Crippen LogP contribution < -0.4 is 0 Å². The van der Waals surface area contributed by atoms with E-state index in [0.717, 1.165) is 43.6 Å². The highest BCUT2D eigenvalue weighted by Crippen LogP contribution is 2.43. The summed E-state index contributed by atoms with van der Waals surface area (Å²) in [6, 6.07) is 56.4. The van der Waals surface area contributed by atoms with E-state index < -0.39 is 0 Å². The fraction of sp³-hybridized carbons (Fsp3) is 0. The summed E-state index contributed by atoms with van der Waals surface area (Å²) in [6.45, 7) is 0. The maximum Gasteiger partial charge on any atom is 0.235 e. The largest absolute Gasteiger partial charge is 0.309 e. The van der Waals surface area contributed by atoms with Crippen LogP contribution >= 0.6 is 11.3 Å². The summed E-state index contributed by atoms with van der Waals surface area (Å²) in [5, 5.41) is 8.31. The van der Waals surface area contributed by atoms with Crippen molar-refractivity contribution in [2.24, 2.45) is 0 Å². The Morgan fingerprint density at radius 3 is 1.80 bits per heavy atom. The molecule has 0 amide bonds. The summed E-state index contributed by atoms with van der Waals surface area (Å²) >= 11 is 1.77. The van der Waals surface area contributed by atoms with Crippen molar-refractivity contribution in [2.45, 2.75) is 0 Å². The van der Waals surface area contributed by atoms with E-state index in [1.807, 2.05) is 0 Å². The van der Waals surface area contributed by atoms with Gasteiger partial charge >= 0.3 is 0 Å². The van der Waals surface area contributed by atoms with Crippen LogP contribution in [-0.4, -0.2) is 19.1 Å². The molecule has 5 heteroatoms. The first kappa shape index (κ1) is 26.7. The van der Waals surface area contributed by atoms with Crippen LogP contribution in [0.4, 0.5) is 0 Å². The van der Waals surface area contributed by atoms with Crippen molar-refractivity contribution in [3.8, 4) is 22.9 Å². The Labute approximate surface area is 284 Å². The summed E-state index contributed by atoms with van der Waals surface area (Å²) in [5.41, 5.74) is 8.76. The SMILES string of the molecule is c1ccc(-n2c3ccccc3c3cc4c(cc32)c2ccccc2n4-c2nc(-c3cccc4ccccc34)c3sc4ccccc4c3n2)cc1. The van der Waals surface area contributed by atoms with E-state index >= 15 is 0 Å². The highest BCUT2D eigenvalue weighted by atomic mass is 32.1. The molecule has 11 rings (SSSR count). The molecule has 0 bridgehead atoms. The molecule has 49 heavy (non-hydrogen) atoms. The number of aromatic nitrogens is 4. The first-order valence-corrected chi connectivity index (χ1v) is 17.3. The van der Waals surface area contributed by atoms with Gasteiger partial charge in [-0.3, -0.25) is 4.57 Å². The lowest BCUT2D eigenvalue weighted by Crippen LogP contribution is -2.03. The van der Waals surface area contributed by atoms with Crippen molar-refractivity contribution in [1.29, 1.82) is 0 Å². The number of hydrogen-bond acceptors (Lipinski definition) is 3. The Balaban J connectivity index is 1.29. The molecular formula is C44H26N4S. The van der Waals surface area contributed by atoms with Crippen LogP contribution in [0.3, 0.4) is 0 Å². The molecule has 0 saturated heterocycles. The fourth-order valence-electron chi connectivity index (χ4n) is 7.79. The third-order valence-corrected chi connectivity index (χ3v) is 11.1. The summed E-state index contributed by atoms with van der Waals surface area (Å²) in [4.78, 5) is 10.9. The Hall–Kier alpha value is -6.30. The second kappa shape index (κ2) is 10.1. The van der Waals surface area contributed by atoms with E-state index in [-0.39, 0.29) is 0 Å². The molecule has 0 spiro atoms. The Kier molecular flexibility index (Phi) is 5.51. The van der Waals surface area contributed by atoms with Gasteiger partial charge in [0.25, 0.3) is 0 Å². The van der Waals surface area contributed by atoms with Gasteiger partial charge in [-0.1, -0.05) is 115 Å². The Bertz CT molecular complexity index is 3110. The highest BCUT2D eigenvalue weighted by Gasteiger charge is 2.22. The van der Waals surface area contributed by atoms with Gasteiger partial charge in [0.05, 0.1) is 38.0 Å². The van der Waals surface area contributed by atoms with Gasteiger partial charge < -0.3 is 4.57 Å². The van der Waals surface area contributed by atoms with Crippen LogP contribution in [0.25, 0.3) is 97.6 Å². The predicted octanol–water partition coefficient (Wildman–Crippen LogP) is 11.9. The number of rotatable bonds is 3. The summed E-state index contributed by atoms with van der Waals surface area (Å²) in [7, 11) is 0. The standard InChI is InChI=1S/C44H26N4S/c1-2-15-28(16-3-1)47-36-22-9-6-18-30(36)34-26-39-35(25-38(34)47)31-19-7-10-23-37(31)48(39)44-45-41(32-21-12-14-27-13-4-5-17-29(27)32)43-42(46-44)33-20-8-11-24-40(33)49-43/h1-26H. The van der Waals surface area contributed by atoms with Crippen LogP contribution in [0.1, 0.15) is 0 Å². The van der Waals surface area contributed by atoms with Crippen molar-refractivity contribution in [3.63, 3.8) is 0 Å². The molecule has 4 aromatic heterocycles. The van der Waals surface area contributed by atoms with Crippen molar-refractivity contribution in [1.82, 2.24) is 19.1 Å². The lowest BCUT2D eigenvalue weighted by atomic mass is 10.0. The second-order valence-electron chi connectivity index (χ2n) is 12.6. The molecule has 0 aliphatic carbocycles. The first-order chi connectivity index (χ1) is 24.3. The number of para-hydroxylation sites is 3. The quantitative estimate of drug-likeness (QED) is 0.192. The Morgan fingerprint density at radius 1 is 0.429 bits per heavy atom. The minimum Gasteiger partial charge on any atom is -0.309 e. The van der Waals surface area contributed by atoms with Gasteiger partial charge in [-0.2, -0.15) is 0 Å². The van der Waals surface area contributed by atoms with Crippen molar-refractivity contribution in [3.05, 3.63) is 158 Å². The van der Waals surface area contributed by atoms with Gasteiger partial charge in [0, 0.05) is 42.9 Å². The van der Waals surface area contributed by atoms with Gasteiger partial charge in [-0.05, 0) is 53.2 Å². The number of nitrogens with zero attached hydrogens (tertiary/aromatic N) is 4. The lowest BCUT2D eigenvalue weighted by molar-refractivity contribution is 1.02. The number of fused-ring (bicyclic) bond motifs is 10. The summed E-state index contributed by atoms with van der Waals surface area (Å²) < 4.78 is 6.98. The highest BCUT2D eigenvalue weighted by molar-refractivity contribution is 7.26. The molecule has 228 valence electrons. The number of benzene rings is 7. The molecule has 11 aromatic rings. The zero-order valence-corrected chi connectivity index (χ0v) is 27.0. The molecule has 0 atom stereocenters. The van der Waals surface area contributed by atoms with E-state index in [0.29, 0.717) is 5.95 Å². The molecule has 0 unspecified atom stereocenters. The third-order valence-electron chi connectivity index (χ3n) is 9.93. The average molecular weight is 643 g/mol. The predicted molar refractivity (Wildman–Crippen MR) is 207 cm³/mol. The molecule has 7 aromatic carbocycles. The zero-order chi connectivity index (χ0) is 32.1. The lowest BCUT2D eigenvalue weighted by Gasteiger charge is -2.12. The minimum absolute atomic E-state index is 0.677. The van der Waals surface area contributed by atoms with Crippen LogP contribution in [0, 0.1) is 0 Å². The van der Waals surface area contributed by atoms with Crippen molar-refractivity contribution >= 4 is 86.0 Å². The molecule has 0 radical (unpaired) electrons. The van der Waals surface area contributed by atoms with Crippen LogP contribution in [0.5, 0.6) is 0 Å². The van der Waals surface area contributed by atoms with Gasteiger partial charge in [-0.25, -0.2) is 9.97 Å². The fourth-order valence-corrected chi connectivity index (χ4v) is 8.94. The number of hydrogen-bond donors (Lipinski definition) is 0. The van der Waals surface area contributed by atoms with Gasteiger partial charge in [0.2, 0.25) is 5.95 Å². The van der Waals surface area contributed by atoms with Crippen molar-refractivity contribution in [2.75, 3.05) is 0 Å². The van der Waals surface area contributed by atoms with Crippen LogP contribution in [0.2, 0.25) is 0 Å². The molecule has 0 N–H and O–H groups in total. The maximum absolute atomic E-state index is 5.51. The molecule has 0 aliphatic heterocycles. The van der Waals surface area contributed by atoms with E-state index in [1.165, 1.54) is 48.1 Å². The van der Waals surface area contributed by atoms with Crippen LogP contribution in [0.15, 0.2) is 158 Å². The summed E-state index contributed by atoms with van der Waals surface area (Å²) in [6.07, 6.45) is 0. The van der Waals surface area contributed by atoms with E-state index in [2.05, 4.69) is 167 Å². The van der Waals surface area contributed by atoms with Gasteiger partial charge in [0.1, 0.15) is 0 Å². The van der Waals surface area contributed by atoms with E-state index in [4.69, 9.17) is 9.97 Å². The van der Waals surface area contributed by atoms with Crippen molar-refractivity contribution < 1.29 is 0 Å². The molecule has 0 aliphatic rings. The first-order valence-electron chi connectivity index (χ1n) is 16.5. The van der Waals surface area contributed by atoms with Crippen LogP contribution in [-0.2, 0) is 0 Å².